The van der Waals surface area contributed by atoms with Gasteiger partial charge in [0, 0.05) is 17.2 Å². The number of benzene rings is 3. The molecule has 3 aromatic carbocycles. The summed E-state index contributed by atoms with van der Waals surface area (Å²) in [6.07, 6.45) is 0. The van der Waals surface area contributed by atoms with Crippen molar-refractivity contribution in [1.29, 1.82) is 0 Å². The molecule has 0 radical (unpaired) electrons. The largest absolute Gasteiger partial charge is 0.497 e. The number of anilines is 1. The monoisotopic (exact) mass is 445 g/mol. The summed E-state index contributed by atoms with van der Waals surface area (Å²) < 4.78 is 16.0. The van der Waals surface area contributed by atoms with Crippen molar-refractivity contribution in [2.24, 2.45) is 0 Å². The third kappa shape index (κ3) is 4.64. The average Bonchev–Trinajstić information content (AvgIpc) is 3.27. The molecule has 1 aromatic heterocycles. The molecule has 33 heavy (non-hydrogen) atoms. The van der Waals surface area contributed by atoms with Gasteiger partial charge in [0.25, 0.3) is 5.91 Å². The Morgan fingerprint density at radius 2 is 1.76 bits per heavy atom. The Morgan fingerprint density at radius 3 is 2.48 bits per heavy atom. The van der Waals surface area contributed by atoms with Gasteiger partial charge in [-0.1, -0.05) is 35.5 Å². The van der Waals surface area contributed by atoms with Crippen molar-refractivity contribution in [2.45, 2.75) is 13.0 Å². The molecule has 0 bridgehead atoms. The van der Waals surface area contributed by atoms with Crippen LogP contribution in [-0.4, -0.2) is 37.2 Å². The molecule has 1 heterocycles. The van der Waals surface area contributed by atoms with Crippen LogP contribution in [-0.2, 0) is 4.79 Å². The summed E-state index contributed by atoms with van der Waals surface area (Å²) in [7, 11) is 3.04. The maximum atomic E-state index is 12.9. The number of hydrogen-bond acceptors (Lipinski definition) is 6. The molecule has 1 atom stereocenters. The summed E-state index contributed by atoms with van der Waals surface area (Å²) >= 11 is 0. The molecule has 0 saturated heterocycles. The van der Waals surface area contributed by atoms with Crippen molar-refractivity contribution in [3.63, 3.8) is 0 Å². The summed E-state index contributed by atoms with van der Waals surface area (Å²) in [5, 5.41) is 10.3. The van der Waals surface area contributed by atoms with Crippen LogP contribution in [0.4, 0.5) is 5.69 Å². The normalized spacial score (nSPS) is 11.6. The maximum absolute atomic E-state index is 12.9. The highest BCUT2D eigenvalue weighted by molar-refractivity contribution is 6.04. The Labute approximate surface area is 190 Å². The molecule has 4 rings (SSSR count). The van der Waals surface area contributed by atoms with Crippen molar-refractivity contribution in [3.8, 4) is 22.8 Å². The summed E-state index contributed by atoms with van der Waals surface area (Å²) in [6.45, 7) is 1.60. The molecule has 2 N–H and O–H groups in total. The highest BCUT2D eigenvalue weighted by Gasteiger charge is 2.20. The van der Waals surface area contributed by atoms with E-state index in [1.807, 2.05) is 30.3 Å². The van der Waals surface area contributed by atoms with Gasteiger partial charge in [0.1, 0.15) is 23.1 Å². The second-order valence-electron chi connectivity index (χ2n) is 7.36. The molecule has 8 nitrogen and oxygen atoms in total. The zero-order valence-electron chi connectivity index (χ0n) is 18.4. The number of fused-ring (bicyclic) bond motifs is 1. The van der Waals surface area contributed by atoms with Gasteiger partial charge in [0.05, 0.1) is 25.3 Å². The summed E-state index contributed by atoms with van der Waals surface area (Å²) in [5.41, 5.74) is 2.33. The number of carbonyl (C=O) groups excluding carboxylic acids is 2. The lowest BCUT2D eigenvalue weighted by atomic mass is 10.1. The number of carbonyl (C=O) groups is 2. The molecule has 0 fully saturated rings. The Morgan fingerprint density at radius 1 is 0.970 bits per heavy atom. The predicted octanol–water partition coefficient (Wildman–Crippen LogP) is 4.27. The van der Waals surface area contributed by atoms with E-state index in [1.54, 1.807) is 43.3 Å². The number of nitrogens with one attached hydrogen (secondary N) is 2. The fourth-order valence-corrected chi connectivity index (χ4v) is 3.38. The number of amides is 2. The van der Waals surface area contributed by atoms with Crippen LogP contribution in [0.2, 0.25) is 0 Å². The minimum atomic E-state index is -0.805. The van der Waals surface area contributed by atoms with Crippen LogP contribution in [0.5, 0.6) is 11.5 Å². The molecule has 4 aromatic rings. The first-order valence-corrected chi connectivity index (χ1v) is 10.3. The van der Waals surface area contributed by atoms with Gasteiger partial charge in [-0.3, -0.25) is 9.59 Å². The van der Waals surface area contributed by atoms with Gasteiger partial charge < -0.3 is 24.6 Å². The number of ether oxygens (including phenoxy) is 2. The van der Waals surface area contributed by atoms with E-state index in [9.17, 15) is 9.59 Å². The van der Waals surface area contributed by atoms with Gasteiger partial charge >= 0.3 is 0 Å². The van der Waals surface area contributed by atoms with E-state index >= 15 is 0 Å². The van der Waals surface area contributed by atoms with Gasteiger partial charge in [-0.05, 0) is 37.3 Å². The number of aromatic nitrogens is 1. The number of hydrogen-bond donors (Lipinski definition) is 2. The van der Waals surface area contributed by atoms with Gasteiger partial charge in [-0.15, -0.1) is 0 Å². The van der Waals surface area contributed by atoms with E-state index in [1.165, 1.54) is 14.2 Å². The molecular weight excluding hydrogens is 422 g/mol. The predicted molar refractivity (Wildman–Crippen MR) is 125 cm³/mol. The fraction of sp³-hybridized carbons (Fsp3) is 0.160. The maximum Gasteiger partial charge on any atom is 0.251 e. The zero-order valence-corrected chi connectivity index (χ0v) is 18.4. The smallest absolute Gasteiger partial charge is 0.251 e. The topological polar surface area (TPSA) is 103 Å². The Bertz CT molecular complexity index is 1300. The quantitative estimate of drug-likeness (QED) is 0.440. The van der Waals surface area contributed by atoms with E-state index in [-0.39, 0.29) is 0 Å². The Balaban J connectivity index is 1.50. The van der Waals surface area contributed by atoms with Crippen LogP contribution in [0.25, 0.3) is 22.2 Å². The fourth-order valence-electron chi connectivity index (χ4n) is 3.38. The molecule has 0 spiro atoms. The standard InChI is InChI=1S/C25H23N3O5/c1-15(24(29)27-21-14-18(31-2)10-12-22(21)32-3)26-25(30)17-9-11-20-19(13-17)23(33-28-20)16-7-5-4-6-8-16/h4-15H,1-3H3,(H,26,30)(H,27,29). The van der Waals surface area contributed by atoms with Gasteiger partial charge in [0.2, 0.25) is 5.91 Å². The van der Waals surface area contributed by atoms with Crippen molar-refractivity contribution >= 4 is 28.4 Å². The van der Waals surface area contributed by atoms with E-state index in [2.05, 4.69) is 15.8 Å². The van der Waals surface area contributed by atoms with E-state index < -0.39 is 17.9 Å². The highest BCUT2D eigenvalue weighted by atomic mass is 16.5. The minimum Gasteiger partial charge on any atom is -0.497 e. The molecule has 0 saturated carbocycles. The summed E-state index contributed by atoms with van der Waals surface area (Å²) in [6, 6.07) is 18.9. The van der Waals surface area contributed by atoms with Gasteiger partial charge in [-0.2, -0.15) is 0 Å². The zero-order chi connectivity index (χ0) is 23.4. The van der Waals surface area contributed by atoms with Crippen LogP contribution in [0, 0.1) is 0 Å². The van der Waals surface area contributed by atoms with E-state index in [4.69, 9.17) is 14.0 Å². The molecule has 2 amide bonds. The van der Waals surface area contributed by atoms with Gasteiger partial charge in [-0.25, -0.2) is 0 Å². The highest BCUT2D eigenvalue weighted by Crippen LogP contribution is 2.30. The van der Waals surface area contributed by atoms with Crippen molar-refractivity contribution in [3.05, 3.63) is 72.3 Å². The van der Waals surface area contributed by atoms with Crippen molar-refractivity contribution in [2.75, 3.05) is 19.5 Å². The molecule has 0 aliphatic rings. The first-order valence-electron chi connectivity index (χ1n) is 10.3. The van der Waals surface area contributed by atoms with Crippen LogP contribution in [0.3, 0.4) is 0 Å². The molecular formula is C25H23N3O5. The second kappa shape index (κ2) is 9.44. The van der Waals surface area contributed by atoms with Crippen molar-refractivity contribution in [1.82, 2.24) is 10.5 Å². The van der Waals surface area contributed by atoms with E-state index in [0.717, 1.165) is 5.56 Å². The molecule has 1 unspecified atom stereocenters. The van der Waals surface area contributed by atoms with Crippen LogP contribution in [0.1, 0.15) is 17.3 Å². The molecule has 168 valence electrons. The Kier molecular flexibility index (Phi) is 6.26. The third-order valence-corrected chi connectivity index (χ3v) is 5.18. The average molecular weight is 445 g/mol. The van der Waals surface area contributed by atoms with Crippen LogP contribution >= 0.6 is 0 Å². The summed E-state index contributed by atoms with van der Waals surface area (Å²) in [5.74, 6) is 0.840. The van der Waals surface area contributed by atoms with Gasteiger partial charge in [0.15, 0.2) is 5.76 Å². The molecule has 0 aliphatic heterocycles. The van der Waals surface area contributed by atoms with Crippen molar-refractivity contribution < 1.29 is 23.6 Å². The Hall–Kier alpha value is -4.33. The van der Waals surface area contributed by atoms with Crippen LogP contribution in [0.15, 0.2) is 71.3 Å². The van der Waals surface area contributed by atoms with E-state index in [0.29, 0.717) is 39.4 Å². The molecule has 8 heteroatoms. The number of nitrogens with zero attached hydrogens (tertiary/aromatic N) is 1. The second-order valence-corrected chi connectivity index (χ2v) is 7.36. The first-order chi connectivity index (χ1) is 16.0. The SMILES string of the molecule is COc1ccc(OC)c(NC(=O)C(C)NC(=O)c2ccc3noc(-c4ccccc4)c3c2)c1. The molecule has 0 aliphatic carbocycles. The minimum absolute atomic E-state index is 0.390. The lowest BCUT2D eigenvalue weighted by Gasteiger charge is -2.16. The summed E-state index contributed by atoms with van der Waals surface area (Å²) in [4.78, 5) is 25.6. The third-order valence-electron chi connectivity index (χ3n) is 5.18. The lowest BCUT2D eigenvalue weighted by Crippen LogP contribution is -2.41. The first kappa shape index (κ1) is 21.9. The lowest BCUT2D eigenvalue weighted by molar-refractivity contribution is -0.117. The number of rotatable bonds is 7. The number of methoxy groups -OCH3 is 2. The van der Waals surface area contributed by atoms with Crippen LogP contribution < -0.4 is 20.1 Å².